The van der Waals surface area contributed by atoms with Crippen molar-refractivity contribution in [3.8, 4) is 0 Å². The maximum atomic E-state index is 13.2. The normalized spacial score (nSPS) is 37.9. The zero-order chi connectivity index (χ0) is 20.5. The maximum Gasteiger partial charge on any atom is 0.0929 e. The van der Waals surface area contributed by atoms with Gasteiger partial charge in [-0.15, -0.1) is 0 Å². The van der Waals surface area contributed by atoms with Crippen molar-refractivity contribution >= 4 is 0 Å². The number of aliphatic hydroxyl groups is 2. The van der Waals surface area contributed by atoms with E-state index < -0.39 is 12.2 Å². The van der Waals surface area contributed by atoms with Crippen molar-refractivity contribution < 1.29 is 14.6 Å². The minimum absolute atomic E-state index is 0.0971. The third kappa shape index (κ3) is 4.26. The van der Waals surface area contributed by atoms with Crippen molar-refractivity contribution in [3.63, 3.8) is 0 Å². The first-order chi connectivity index (χ1) is 13.2. The average Bonchev–Trinajstić information content (AvgIpc) is 2.99. The van der Waals surface area contributed by atoms with Crippen LogP contribution in [0.15, 0.2) is 59.0 Å². The molecule has 154 valence electrons. The molecule has 0 saturated heterocycles. The minimum atomic E-state index is -0.641. The molecule has 0 spiro atoms. The Labute approximate surface area is 169 Å². The summed E-state index contributed by atoms with van der Waals surface area (Å²) in [5.74, 6) is 0.764. The zero-order valence-electron chi connectivity index (χ0n) is 17.5. The second kappa shape index (κ2) is 8.51. The Balaban J connectivity index is 1.79. The SMILES string of the molecule is C=C1/C(=C\C=C2/CCC[C@]3(C)C([C@H](C)C/C=C(/C)F)=CC[C@@H]23)C[C@H](O)C[C@H]1O. The van der Waals surface area contributed by atoms with Gasteiger partial charge in [-0.25, -0.2) is 4.39 Å². The third-order valence-corrected chi connectivity index (χ3v) is 7.16. The molecule has 0 radical (unpaired) electrons. The number of hydrogen-bond donors (Lipinski definition) is 2. The van der Waals surface area contributed by atoms with Gasteiger partial charge >= 0.3 is 0 Å². The highest BCUT2D eigenvalue weighted by Gasteiger charge is 2.45. The quantitative estimate of drug-likeness (QED) is 0.586. The second-order valence-corrected chi connectivity index (χ2v) is 9.21. The predicted octanol–water partition coefficient (Wildman–Crippen LogP) is 5.95. The van der Waals surface area contributed by atoms with Gasteiger partial charge in [0.1, 0.15) is 0 Å². The van der Waals surface area contributed by atoms with Crippen LogP contribution in [0.2, 0.25) is 0 Å². The van der Waals surface area contributed by atoms with Gasteiger partial charge in [-0.1, -0.05) is 55.9 Å². The van der Waals surface area contributed by atoms with E-state index in [1.165, 1.54) is 24.5 Å². The number of allylic oxidation sites excluding steroid dienone is 7. The highest BCUT2D eigenvalue weighted by molar-refractivity contribution is 5.40. The van der Waals surface area contributed by atoms with E-state index in [2.05, 4.69) is 38.7 Å². The number of aliphatic hydroxyl groups excluding tert-OH is 2. The van der Waals surface area contributed by atoms with E-state index in [4.69, 9.17) is 0 Å². The smallest absolute Gasteiger partial charge is 0.0929 e. The predicted molar refractivity (Wildman–Crippen MR) is 113 cm³/mol. The topological polar surface area (TPSA) is 40.5 Å². The van der Waals surface area contributed by atoms with Gasteiger partial charge in [-0.3, -0.25) is 0 Å². The van der Waals surface area contributed by atoms with Gasteiger partial charge in [0.25, 0.3) is 0 Å². The van der Waals surface area contributed by atoms with Crippen LogP contribution in [-0.2, 0) is 0 Å². The molecule has 0 amide bonds. The van der Waals surface area contributed by atoms with Crippen LogP contribution in [0.1, 0.15) is 65.7 Å². The molecule has 3 aliphatic carbocycles. The number of fused-ring (bicyclic) bond motifs is 1. The van der Waals surface area contributed by atoms with Gasteiger partial charge in [-0.2, -0.15) is 0 Å². The molecule has 3 heteroatoms. The lowest BCUT2D eigenvalue weighted by Crippen LogP contribution is -2.32. The first-order valence-corrected chi connectivity index (χ1v) is 10.7. The molecular formula is C25H35FO2. The second-order valence-electron chi connectivity index (χ2n) is 9.21. The Hall–Kier alpha value is -1.45. The van der Waals surface area contributed by atoms with Gasteiger partial charge in [0.05, 0.1) is 18.0 Å². The van der Waals surface area contributed by atoms with E-state index in [9.17, 15) is 14.6 Å². The van der Waals surface area contributed by atoms with Crippen LogP contribution in [-0.4, -0.2) is 22.4 Å². The molecule has 2 saturated carbocycles. The molecule has 0 unspecified atom stereocenters. The highest BCUT2D eigenvalue weighted by Crippen LogP contribution is 2.57. The number of rotatable bonds is 4. The zero-order valence-corrected chi connectivity index (χ0v) is 17.5. The fourth-order valence-electron chi connectivity index (χ4n) is 5.55. The molecule has 28 heavy (non-hydrogen) atoms. The van der Waals surface area contributed by atoms with E-state index in [0.717, 1.165) is 36.8 Å². The van der Waals surface area contributed by atoms with Crippen LogP contribution in [0, 0.1) is 17.3 Å². The van der Waals surface area contributed by atoms with Gasteiger partial charge in [0.2, 0.25) is 0 Å². The summed E-state index contributed by atoms with van der Waals surface area (Å²) in [4.78, 5) is 0. The molecule has 5 atom stereocenters. The molecule has 0 heterocycles. The summed E-state index contributed by atoms with van der Waals surface area (Å²) in [5, 5.41) is 20.1. The van der Waals surface area contributed by atoms with Crippen molar-refractivity contribution in [2.45, 2.75) is 77.9 Å². The van der Waals surface area contributed by atoms with Crippen LogP contribution >= 0.6 is 0 Å². The highest BCUT2D eigenvalue weighted by atomic mass is 19.1. The molecular weight excluding hydrogens is 351 g/mol. The van der Waals surface area contributed by atoms with E-state index in [1.54, 1.807) is 6.08 Å². The average molecular weight is 387 g/mol. The largest absolute Gasteiger partial charge is 0.393 e. The number of hydrogen-bond acceptors (Lipinski definition) is 2. The summed E-state index contributed by atoms with van der Waals surface area (Å²) < 4.78 is 13.2. The molecule has 2 N–H and O–H groups in total. The van der Waals surface area contributed by atoms with Crippen LogP contribution in [0.3, 0.4) is 0 Å². The summed E-state index contributed by atoms with van der Waals surface area (Å²) in [6.45, 7) is 10.1. The van der Waals surface area contributed by atoms with Gasteiger partial charge in [0.15, 0.2) is 0 Å². The Morgan fingerprint density at radius 3 is 2.86 bits per heavy atom. The molecule has 0 aromatic heterocycles. The van der Waals surface area contributed by atoms with Crippen molar-refractivity contribution in [2.24, 2.45) is 17.3 Å². The van der Waals surface area contributed by atoms with Crippen LogP contribution in [0.4, 0.5) is 4.39 Å². The molecule has 3 aliphatic rings. The van der Waals surface area contributed by atoms with Crippen molar-refractivity contribution in [1.29, 1.82) is 0 Å². The van der Waals surface area contributed by atoms with Crippen LogP contribution < -0.4 is 0 Å². The summed E-state index contributed by atoms with van der Waals surface area (Å²) >= 11 is 0. The summed E-state index contributed by atoms with van der Waals surface area (Å²) in [6.07, 6.45) is 13.5. The summed E-state index contributed by atoms with van der Waals surface area (Å²) in [6, 6.07) is 0. The molecule has 0 aromatic rings. The Morgan fingerprint density at radius 2 is 2.14 bits per heavy atom. The monoisotopic (exact) mass is 386 g/mol. The minimum Gasteiger partial charge on any atom is -0.393 e. The standard InChI is InChI=1S/C25H35FO2/c1-16(7-8-17(2)26)22-11-12-23-19(6-5-13-25(22,23)4)9-10-20-14-21(27)15-24(28)18(20)3/h8-11,16,21,23-24,27-28H,3,5-7,12-15H2,1-2,4H3/b17-8-,19-9+,20-10-/t16-,21+,23+,24-,25-/m1/s1. The van der Waals surface area contributed by atoms with E-state index in [-0.39, 0.29) is 11.2 Å². The van der Waals surface area contributed by atoms with Gasteiger partial charge in [-0.05, 0) is 73.8 Å². The van der Waals surface area contributed by atoms with Crippen LogP contribution in [0.5, 0.6) is 0 Å². The lowest BCUT2D eigenvalue weighted by atomic mass is 9.62. The molecule has 0 aromatic carbocycles. The first kappa shape index (κ1) is 21.3. The van der Waals surface area contributed by atoms with Gasteiger partial charge in [0, 0.05) is 6.42 Å². The Morgan fingerprint density at radius 1 is 1.39 bits per heavy atom. The molecule has 0 bridgehead atoms. The fourth-order valence-corrected chi connectivity index (χ4v) is 5.55. The van der Waals surface area contributed by atoms with Crippen molar-refractivity contribution in [3.05, 3.63) is 59.0 Å². The number of halogens is 1. The Bertz CT molecular complexity index is 738. The van der Waals surface area contributed by atoms with Crippen molar-refractivity contribution in [1.82, 2.24) is 0 Å². The van der Waals surface area contributed by atoms with E-state index in [1.807, 2.05) is 0 Å². The van der Waals surface area contributed by atoms with E-state index >= 15 is 0 Å². The van der Waals surface area contributed by atoms with Gasteiger partial charge < -0.3 is 10.2 Å². The molecule has 3 rings (SSSR count). The lowest BCUT2D eigenvalue weighted by molar-refractivity contribution is 0.0862. The summed E-state index contributed by atoms with van der Waals surface area (Å²) in [5.41, 5.74) is 4.81. The van der Waals surface area contributed by atoms with Crippen molar-refractivity contribution in [2.75, 3.05) is 0 Å². The summed E-state index contributed by atoms with van der Waals surface area (Å²) in [7, 11) is 0. The first-order valence-electron chi connectivity index (χ1n) is 10.7. The Kier molecular flexibility index (Phi) is 6.46. The fraction of sp³-hybridized carbons (Fsp3) is 0.600. The molecule has 0 aliphatic heterocycles. The van der Waals surface area contributed by atoms with Crippen LogP contribution in [0.25, 0.3) is 0 Å². The molecule has 2 nitrogen and oxygen atoms in total. The third-order valence-electron chi connectivity index (χ3n) is 7.16. The molecule has 2 fully saturated rings. The lowest BCUT2D eigenvalue weighted by Gasteiger charge is -2.42. The van der Waals surface area contributed by atoms with E-state index in [0.29, 0.717) is 24.7 Å². The maximum absolute atomic E-state index is 13.2.